The Hall–Kier alpha value is -0.710. The molecule has 2 heterocycles. The topological polar surface area (TPSA) is 24.9 Å². The normalized spacial score (nSPS) is 12.6. The summed E-state index contributed by atoms with van der Waals surface area (Å²) in [6.07, 6.45) is 2.88. The van der Waals surface area contributed by atoms with Crippen molar-refractivity contribution < 1.29 is 0 Å². The summed E-state index contributed by atoms with van der Waals surface area (Å²) >= 11 is 5.39. The van der Waals surface area contributed by atoms with E-state index in [1.165, 1.54) is 10.4 Å². The van der Waals surface area contributed by atoms with Crippen LogP contribution in [-0.2, 0) is 6.42 Å². The number of hydrogen-bond donors (Lipinski definition) is 1. The highest BCUT2D eigenvalue weighted by Gasteiger charge is 2.20. The number of aryl methyl sites for hydroxylation is 1. The van der Waals surface area contributed by atoms with Crippen molar-refractivity contribution >= 4 is 27.3 Å². The van der Waals surface area contributed by atoms with Gasteiger partial charge in [-0.1, -0.05) is 19.9 Å². The molecule has 0 spiro atoms. The third kappa shape index (κ3) is 2.82. The van der Waals surface area contributed by atoms with Crippen LogP contribution in [0.15, 0.2) is 34.2 Å². The molecule has 2 rings (SSSR count). The number of aromatic nitrogens is 1. The van der Waals surface area contributed by atoms with Crippen LogP contribution in [0.1, 0.15) is 36.0 Å². The second-order valence-corrected chi connectivity index (χ2v) is 5.83. The molecule has 2 nitrogen and oxygen atoms in total. The summed E-state index contributed by atoms with van der Waals surface area (Å²) in [5.74, 6) is 0. The molecule has 0 aliphatic carbocycles. The molecule has 0 fully saturated rings. The van der Waals surface area contributed by atoms with Crippen LogP contribution < -0.4 is 5.32 Å². The maximum absolute atomic E-state index is 4.59. The number of halogens is 1. The lowest BCUT2D eigenvalue weighted by molar-refractivity contribution is 0.616. The Morgan fingerprint density at radius 1 is 1.39 bits per heavy atom. The van der Waals surface area contributed by atoms with Gasteiger partial charge in [0.05, 0.1) is 11.7 Å². The number of nitrogens with one attached hydrogen (secondary N) is 1. The fourth-order valence-electron chi connectivity index (χ4n) is 2.04. The predicted molar refractivity (Wildman–Crippen MR) is 81.2 cm³/mol. The lowest BCUT2D eigenvalue weighted by Gasteiger charge is -2.19. The minimum atomic E-state index is 0.181. The van der Waals surface area contributed by atoms with Crippen molar-refractivity contribution in [1.82, 2.24) is 10.3 Å². The van der Waals surface area contributed by atoms with Crippen molar-refractivity contribution in [1.29, 1.82) is 0 Å². The first-order chi connectivity index (χ1) is 8.77. The summed E-state index contributed by atoms with van der Waals surface area (Å²) in [5.41, 5.74) is 2.45. The van der Waals surface area contributed by atoms with Crippen molar-refractivity contribution in [2.45, 2.75) is 26.3 Å². The van der Waals surface area contributed by atoms with Crippen LogP contribution in [0.25, 0.3) is 0 Å². The first kappa shape index (κ1) is 13.7. The summed E-state index contributed by atoms with van der Waals surface area (Å²) in [4.78, 5) is 5.89. The van der Waals surface area contributed by atoms with Gasteiger partial charge >= 0.3 is 0 Å². The van der Waals surface area contributed by atoms with E-state index >= 15 is 0 Å². The standard InChI is InChI=1S/C14H17BrN2S/c1-3-10-6-5-8-17-12(10)13(16-4-2)14-11(15)7-9-18-14/h5-9,13,16H,3-4H2,1-2H3. The number of hydrogen-bond acceptors (Lipinski definition) is 3. The largest absolute Gasteiger partial charge is 0.305 e. The molecule has 18 heavy (non-hydrogen) atoms. The highest BCUT2D eigenvalue weighted by atomic mass is 79.9. The van der Waals surface area contributed by atoms with Crippen molar-refractivity contribution in [2.75, 3.05) is 6.54 Å². The number of thiophene rings is 1. The van der Waals surface area contributed by atoms with Gasteiger partial charge in [0, 0.05) is 15.5 Å². The van der Waals surface area contributed by atoms with Gasteiger partial charge in [-0.05, 0) is 52.0 Å². The molecule has 0 saturated carbocycles. The Morgan fingerprint density at radius 2 is 2.22 bits per heavy atom. The lowest BCUT2D eigenvalue weighted by Crippen LogP contribution is -2.23. The Balaban J connectivity index is 2.45. The van der Waals surface area contributed by atoms with Gasteiger partial charge in [-0.15, -0.1) is 11.3 Å². The van der Waals surface area contributed by atoms with E-state index in [1.807, 2.05) is 12.3 Å². The zero-order valence-corrected chi connectivity index (χ0v) is 13.0. The maximum Gasteiger partial charge on any atom is 0.0859 e. The Kier molecular flexibility index (Phi) is 4.92. The number of rotatable bonds is 5. The highest BCUT2D eigenvalue weighted by molar-refractivity contribution is 9.10. The van der Waals surface area contributed by atoms with Gasteiger partial charge in [-0.2, -0.15) is 0 Å². The second kappa shape index (κ2) is 6.45. The van der Waals surface area contributed by atoms with Crippen molar-refractivity contribution in [3.05, 3.63) is 50.4 Å². The van der Waals surface area contributed by atoms with Gasteiger partial charge in [0.25, 0.3) is 0 Å². The average molecular weight is 325 g/mol. The van der Waals surface area contributed by atoms with Gasteiger partial charge in [0.15, 0.2) is 0 Å². The molecule has 2 aromatic rings. The minimum absolute atomic E-state index is 0.181. The van der Waals surface area contributed by atoms with Crippen LogP contribution in [0.4, 0.5) is 0 Å². The van der Waals surface area contributed by atoms with E-state index in [0.29, 0.717) is 0 Å². The molecular formula is C14H17BrN2S. The third-order valence-electron chi connectivity index (χ3n) is 2.90. The molecule has 1 unspecified atom stereocenters. The molecule has 1 N–H and O–H groups in total. The third-order valence-corrected chi connectivity index (χ3v) is 4.83. The minimum Gasteiger partial charge on any atom is -0.305 e. The van der Waals surface area contributed by atoms with Gasteiger partial charge in [0.2, 0.25) is 0 Å². The van der Waals surface area contributed by atoms with E-state index in [-0.39, 0.29) is 6.04 Å². The van der Waals surface area contributed by atoms with Gasteiger partial charge in [-0.25, -0.2) is 0 Å². The Morgan fingerprint density at radius 3 is 2.83 bits per heavy atom. The summed E-state index contributed by atoms with van der Waals surface area (Å²) in [6.45, 7) is 5.23. The molecule has 0 saturated heterocycles. The second-order valence-electron chi connectivity index (χ2n) is 4.02. The smallest absolute Gasteiger partial charge is 0.0859 e. The molecular weight excluding hydrogens is 308 g/mol. The van der Waals surface area contributed by atoms with Crippen LogP contribution in [0, 0.1) is 0 Å². The molecule has 0 aliphatic heterocycles. The fraction of sp³-hybridized carbons (Fsp3) is 0.357. The van der Waals surface area contributed by atoms with E-state index in [9.17, 15) is 0 Å². The summed E-state index contributed by atoms with van der Waals surface area (Å²) < 4.78 is 1.16. The average Bonchev–Trinajstić information content (AvgIpc) is 2.82. The molecule has 4 heteroatoms. The van der Waals surface area contributed by atoms with Crippen LogP contribution >= 0.6 is 27.3 Å². The summed E-state index contributed by atoms with van der Waals surface area (Å²) in [7, 11) is 0. The zero-order chi connectivity index (χ0) is 13.0. The van der Waals surface area contributed by atoms with Crippen LogP contribution in [-0.4, -0.2) is 11.5 Å². The highest BCUT2D eigenvalue weighted by Crippen LogP contribution is 2.33. The fourth-order valence-corrected chi connectivity index (χ4v) is 3.72. The molecule has 0 aliphatic rings. The first-order valence-corrected chi connectivity index (χ1v) is 7.85. The zero-order valence-electron chi connectivity index (χ0n) is 10.6. The monoisotopic (exact) mass is 324 g/mol. The van der Waals surface area contributed by atoms with E-state index in [2.05, 4.69) is 57.6 Å². The van der Waals surface area contributed by atoms with Crippen molar-refractivity contribution in [3.63, 3.8) is 0 Å². The molecule has 0 bridgehead atoms. The Bertz CT molecular complexity index is 510. The maximum atomic E-state index is 4.59. The predicted octanol–water partition coefficient (Wildman–Crippen LogP) is 4.17. The number of nitrogens with zero attached hydrogens (tertiary/aromatic N) is 1. The van der Waals surface area contributed by atoms with Gasteiger partial charge < -0.3 is 5.32 Å². The van der Waals surface area contributed by atoms with Crippen molar-refractivity contribution in [3.8, 4) is 0 Å². The van der Waals surface area contributed by atoms with Crippen molar-refractivity contribution in [2.24, 2.45) is 0 Å². The van der Waals surface area contributed by atoms with E-state index in [4.69, 9.17) is 0 Å². The van der Waals surface area contributed by atoms with Gasteiger partial charge in [-0.3, -0.25) is 4.98 Å². The van der Waals surface area contributed by atoms with Crippen LogP contribution in [0.2, 0.25) is 0 Å². The Labute approximate surface area is 121 Å². The quantitative estimate of drug-likeness (QED) is 0.892. The number of pyridine rings is 1. The molecule has 1 atom stereocenters. The van der Waals surface area contributed by atoms with Gasteiger partial charge in [0.1, 0.15) is 0 Å². The summed E-state index contributed by atoms with van der Waals surface area (Å²) in [5, 5.41) is 5.64. The molecule has 0 aromatic carbocycles. The van der Waals surface area contributed by atoms with E-state index in [0.717, 1.165) is 23.1 Å². The van der Waals surface area contributed by atoms with E-state index < -0.39 is 0 Å². The first-order valence-electron chi connectivity index (χ1n) is 6.18. The van der Waals surface area contributed by atoms with Crippen LogP contribution in [0.5, 0.6) is 0 Å². The molecule has 0 radical (unpaired) electrons. The SMILES string of the molecule is CCNC(c1ncccc1CC)c1sccc1Br. The molecule has 0 amide bonds. The van der Waals surface area contributed by atoms with E-state index in [1.54, 1.807) is 11.3 Å². The lowest BCUT2D eigenvalue weighted by atomic mass is 10.0. The van der Waals surface area contributed by atoms with Crippen LogP contribution in [0.3, 0.4) is 0 Å². The summed E-state index contributed by atoms with van der Waals surface area (Å²) in [6, 6.07) is 6.45. The molecule has 96 valence electrons. The molecule has 2 aromatic heterocycles.